The molecular weight excluding hydrogens is 272 g/mol. The van der Waals surface area contributed by atoms with Crippen LogP contribution in [0, 0.1) is 11.3 Å². The Labute approximate surface area is 133 Å². The van der Waals surface area contributed by atoms with Crippen LogP contribution in [-0.4, -0.2) is 16.3 Å². The van der Waals surface area contributed by atoms with E-state index in [9.17, 15) is 10.2 Å². The summed E-state index contributed by atoms with van der Waals surface area (Å²) in [6, 6.07) is 4.08. The van der Waals surface area contributed by atoms with Crippen LogP contribution < -0.4 is 0 Å². The first-order valence-electron chi connectivity index (χ1n) is 8.39. The zero-order valence-electron chi connectivity index (χ0n) is 14.4. The van der Waals surface area contributed by atoms with Gasteiger partial charge in [0.15, 0.2) is 0 Å². The summed E-state index contributed by atoms with van der Waals surface area (Å²) in [4.78, 5) is 0. The Kier molecular flexibility index (Phi) is 3.45. The van der Waals surface area contributed by atoms with Crippen LogP contribution in [0.5, 0.6) is 5.75 Å². The average Bonchev–Trinajstić information content (AvgIpc) is 2.36. The highest BCUT2D eigenvalue weighted by Gasteiger charge is 2.51. The van der Waals surface area contributed by atoms with Gasteiger partial charge in [0.2, 0.25) is 0 Å². The van der Waals surface area contributed by atoms with E-state index >= 15 is 0 Å². The SMILES string of the molecule is CC(C)c1cc2c(cc1O)[C@@]1(C)C[C@@H](O)CC(C)(C)[C@@H]1C=C2. The highest BCUT2D eigenvalue weighted by Crippen LogP contribution is 2.56. The van der Waals surface area contributed by atoms with Gasteiger partial charge in [-0.15, -0.1) is 0 Å². The number of hydrogen-bond acceptors (Lipinski definition) is 2. The van der Waals surface area contributed by atoms with Crippen molar-refractivity contribution in [1.82, 2.24) is 0 Å². The minimum atomic E-state index is -0.275. The molecule has 0 amide bonds. The van der Waals surface area contributed by atoms with Crippen molar-refractivity contribution < 1.29 is 10.2 Å². The Bertz CT molecular complexity index is 627. The van der Waals surface area contributed by atoms with Gasteiger partial charge in [-0.05, 0) is 58.9 Å². The van der Waals surface area contributed by atoms with Crippen molar-refractivity contribution in [3.63, 3.8) is 0 Å². The van der Waals surface area contributed by atoms with Crippen molar-refractivity contribution in [2.24, 2.45) is 11.3 Å². The molecule has 22 heavy (non-hydrogen) atoms. The molecule has 0 bridgehead atoms. The second-order valence-corrected chi connectivity index (χ2v) is 8.46. The van der Waals surface area contributed by atoms with Gasteiger partial charge in [0, 0.05) is 5.41 Å². The van der Waals surface area contributed by atoms with Crippen molar-refractivity contribution >= 4 is 6.08 Å². The van der Waals surface area contributed by atoms with Gasteiger partial charge >= 0.3 is 0 Å². The van der Waals surface area contributed by atoms with Crippen LogP contribution in [0.15, 0.2) is 18.2 Å². The third-order valence-electron chi connectivity index (χ3n) is 5.85. The van der Waals surface area contributed by atoms with Gasteiger partial charge in [-0.1, -0.05) is 46.8 Å². The molecule has 1 aromatic carbocycles. The minimum Gasteiger partial charge on any atom is -0.508 e. The number of phenolic OH excluding ortho intramolecular Hbond substituents is 1. The quantitative estimate of drug-likeness (QED) is 0.796. The number of benzene rings is 1. The predicted octanol–water partition coefficient (Wildman–Crippen LogP) is 4.60. The molecule has 0 heterocycles. The highest BCUT2D eigenvalue weighted by atomic mass is 16.3. The van der Waals surface area contributed by atoms with Crippen LogP contribution in [0.4, 0.5) is 0 Å². The van der Waals surface area contributed by atoms with E-state index in [0.29, 0.717) is 17.6 Å². The molecule has 0 unspecified atom stereocenters. The molecule has 2 heteroatoms. The summed E-state index contributed by atoms with van der Waals surface area (Å²) in [7, 11) is 0. The second kappa shape index (κ2) is 4.86. The first kappa shape index (κ1) is 15.6. The van der Waals surface area contributed by atoms with E-state index in [1.165, 1.54) is 11.1 Å². The summed E-state index contributed by atoms with van der Waals surface area (Å²) in [5.41, 5.74) is 3.34. The van der Waals surface area contributed by atoms with E-state index in [2.05, 4.69) is 52.8 Å². The Balaban J connectivity index is 2.17. The van der Waals surface area contributed by atoms with Crippen molar-refractivity contribution in [2.45, 2.75) is 64.9 Å². The summed E-state index contributed by atoms with van der Waals surface area (Å²) in [5, 5.41) is 20.9. The van der Waals surface area contributed by atoms with Gasteiger partial charge in [-0.3, -0.25) is 0 Å². The van der Waals surface area contributed by atoms with Crippen molar-refractivity contribution in [3.05, 3.63) is 34.9 Å². The number of aromatic hydroxyl groups is 1. The van der Waals surface area contributed by atoms with Gasteiger partial charge in [0.05, 0.1) is 6.10 Å². The largest absolute Gasteiger partial charge is 0.508 e. The van der Waals surface area contributed by atoms with Gasteiger partial charge < -0.3 is 10.2 Å². The molecule has 0 saturated heterocycles. The van der Waals surface area contributed by atoms with E-state index in [-0.39, 0.29) is 16.9 Å². The van der Waals surface area contributed by atoms with Gasteiger partial charge in [-0.25, -0.2) is 0 Å². The molecule has 0 spiro atoms. The molecule has 1 aromatic rings. The zero-order chi connectivity index (χ0) is 16.3. The number of phenols is 1. The summed E-state index contributed by atoms with van der Waals surface area (Å²) in [6.07, 6.45) is 5.87. The van der Waals surface area contributed by atoms with Gasteiger partial charge in [0.25, 0.3) is 0 Å². The number of hydrogen-bond donors (Lipinski definition) is 2. The lowest BCUT2D eigenvalue weighted by atomic mass is 9.51. The normalized spacial score (nSPS) is 32.7. The predicted molar refractivity (Wildman–Crippen MR) is 91.1 cm³/mol. The van der Waals surface area contributed by atoms with Crippen LogP contribution in [0.1, 0.15) is 70.1 Å². The molecule has 0 aliphatic heterocycles. The number of aliphatic hydroxyl groups excluding tert-OH is 1. The van der Waals surface area contributed by atoms with Crippen LogP contribution >= 0.6 is 0 Å². The van der Waals surface area contributed by atoms with Crippen molar-refractivity contribution in [1.29, 1.82) is 0 Å². The molecule has 1 fully saturated rings. The lowest BCUT2D eigenvalue weighted by Gasteiger charge is -2.53. The Hall–Kier alpha value is -1.28. The lowest BCUT2D eigenvalue weighted by Crippen LogP contribution is -2.50. The Morgan fingerprint density at radius 1 is 1.14 bits per heavy atom. The van der Waals surface area contributed by atoms with Crippen LogP contribution in [-0.2, 0) is 5.41 Å². The lowest BCUT2D eigenvalue weighted by molar-refractivity contribution is -0.0110. The molecule has 2 N–H and O–H groups in total. The van der Waals surface area contributed by atoms with Crippen molar-refractivity contribution in [3.8, 4) is 5.75 Å². The molecule has 0 aromatic heterocycles. The maximum absolute atomic E-state index is 10.5. The van der Waals surface area contributed by atoms with E-state index in [4.69, 9.17) is 0 Å². The maximum Gasteiger partial charge on any atom is 0.119 e. The summed E-state index contributed by atoms with van der Waals surface area (Å²) in [6.45, 7) is 10.9. The standard InChI is InChI=1S/C20H28O2/c1-12(2)15-8-13-6-7-18-19(3,4)10-14(21)11-20(18,5)16(13)9-17(15)22/h6-9,12,14,18,21-22H,10-11H2,1-5H3/t14-,18-,20+/m0/s1. The fourth-order valence-electron chi connectivity index (χ4n) is 4.95. The van der Waals surface area contributed by atoms with E-state index in [0.717, 1.165) is 18.4 Å². The fourth-order valence-corrected chi connectivity index (χ4v) is 4.95. The Morgan fingerprint density at radius 3 is 2.45 bits per heavy atom. The number of allylic oxidation sites excluding steroid dienone is 1. The first-order valence-corrected chi connectivity index (χ1v) is 8.39. The molecule has 2 aliphatic rings. The topological polar surface area (TPSA) is 40.5 Å². The third kappa shape index (κ3) is 2.20. The van der Waals surface area contributed by atoms with Gasteiger partial charge in [-0.2, -0.15) is 0 Å². The number of fused-ring (bicyclic) bond motifs is 3. The van der Waals surface area contributed by atoms with E-state index in [1.54, 1.807) is 0 Å². The minimum absolute atomic E-state index is 0.0624. The fraction of sp³-hybridized carbons (Fsp3) is 0.600. The summed E-state index contributed by atoms with van der Waals surface area (Å²) < 4.78 is 0. The van der Waals surface area contributed by atoms with Crippen molar-refractivity contribution in [2.75, 3.05) is 0 Å². The third-order valence-corrected chi connectivity index (χ3v) is 5.85. The Morgan fingerprint density at radius 2 is 1.82 bits per heavy atom. The molecule has 120 valence electrons. The van der Waals surface area contributed by atoms with Crippen LogP contribution in [0.2, 0.25) is 0 Å². The van der Waals surface area contributed by atoms with Crippen LogP contribution in [0.25, 0.3) is 6.08 Å². The first-order chi connectivity index (χ1) is 10.1. The molecule has 2 aliphatic carbocycles. The molecule has 3 rings (SSSR count). The van der Waals surface area contributed by atoms with E-state index in [1.807, 2.05) is 6.07 Å². The molecule has 3 atom stereocenters. The van der Waals surface area contributed by atoms with E-state index < -0.39 is 0 Å². The molecular formula is C20H28O2. The smallest absolute Gasteiger partial charge is 0.119 e. The number of aliphatic hydroxyl groups is 1. The molecule has 2 nitrogen and oxygen atoms in total. The summed E-state index contributed by atoms with van der Waals surface area (Å²) in [5.74, 6) is 1.08. The van der Waals surface area contributed by atoms with Gasteiger partial charge in [0.1, 0.15) is 5.75 Å². The zero-order valence-corrected chi connectivity index (χ0v) is 14.4. The summed E-state index contributed by atoms with van der Waals surface area (Å²) >= 11 is 0. The monoisotopic (exact) mass is 300 g/mol. The highest BCUT2D eigenvalue weighted by molar-refractivity contribution is 5.64. The van der Waals surface area contributed by atoms with Crippen LogP contribution in [0.3, 0.4) is 0 Å². The maximum atomic E-state index is 10.5. The average molecular weight is 300 g/mol. The molecule has 1 saturated carbocycles. The number of rotatable bonds is 1. The second-order valence-electron chi connectivity index (χ2n) is 8.46. The molecule has 0 radical (unpaired) electrons.